The van der Waals surface area contributed by atoms with Gasteiger partial charge in [-0.05, 0) is 43.9 Å². The van der Waals surface area contributed by atoms with E-state index in [1.165, 1.54) is 5.56 Å². The fourth-order valence-corrected chi connectivity index (χ4v) is 3.98. The van der Waals surface area contributed by atoms with Crippen LogP contribution in [0.4, 0.5) is 0 Å². The first-order chi connectivity index (χ1) is 14.4. The number of amides is 2. The Morgan fingerprint density at radius 3 is 2.37 bits per heavy atom. The lowest BCUT2D eigenvalue weighted by Crippen LogP contribution is -2.49. The summed E-state index contributed by atoms with van der Waals surface area (Å²) in [6, 6.07) is 17.9. The monoisotopic (exact) mass is 426 g/mol. The maximum Gasteiger partial charge on any atom is 0.242 e. The van der Waals surface area contributed by atoms with Gasteiger partial charge in [-0.25, -0.2) is 0 Å². The molecule has 0 aliphatic rings. The lowest BCUT2D eigenvalue weighted by Gasteiger charge is -2.30. The first kappa shape index (κ1) is 24.0. The number of nitrogens with one attached hydrogen (secondary N) is 1. The highest BCUT2D eigenvalue weighted by Crippen LogP contribution is 2.17. The van der Waals surface area contributed by atoms with Gasteiger partial charge in [0.2, 0.25) is 11.8 Å². The van der Waals surface area contributed by atoms with Crippen LogP contribution in [-0.4, -0.2) is 34.6 Å². The molecule has 0 saturated carbocycles. The smallest absolute Gasteiger partial charge is 0.242 e. The van der Waals surface area contributed by atoms with Crippen molar-refractivity contribution in [2.24, 2.45) is 0 Å². The average molecular weight is 427 g/mol. The number of benzene rings is 2. The summed E-state index contributed by atoms with van der Waals surface area (Å²) < 4.78 is 0. The Kier molecular flexibility index (Phi) is 9.95. The predicted octanol–water partition coefficient (Wildman–Crippen LogP) is 4.95. The summed E-state index contributed by atoms with van der Waals surface area (Å²) >= 11 is 1.75. The molecule has 5 heteroatoms. The average Bonchev–Trinajstić information content (AvgIpc) is 2.76. The van der Waals surface area contributed by atoms with Crippen LogP contribution in [0.25, 0.3) is 0 Å². The van der Waals surface area contributed by atoms with E-state index < -0.39 is 6.04 Å². The molecule has 0 radical (unpaired) electrons. The minimum Gasteiger partial charge on any atom is -0.352 e. The van der Waals surface area contributed by atoms with E-state index in [-0.39, 0.29) is 17.9 Å². The summed E-state index contributed by atoms with van der Waals surface area (Å²) in [6.45, 7) is 8.33. The Morgan fingerprint density at radius 1 is 1.03 bits per heavy atom. The topological polar surface area (TPSA) is 49.4 Å². The molecule has 0 fully saturated rings. The van der Waals surface area contributed by atoms with Crippen molar-refractivity contribution in [3.8, 4) is 0 Å². The molecule has 4 nitrogen and oxygen atoms in total. The van der Waals surface area contributed by atoms with E-state index in [0.29, 0.717) is 13.0 Å². The third-order valence-electron chi connectivity index (χ3n) is 5.34. The maximum absolute atomic E-state index is 13.1. The fourth-order valence-electron chi connectivity index (χ4n) is 3.09. The largest absolute Gasteiger partial charge is 0.352 e. The van der Waals surface area contributed by atoms with E-state index in [0.717, 1.165) is 29.1 Å². The van der Waals surface area contributed by atoms with Crippen molar-refractivity contribution in [2.45, 2.75) is 64.9 Å². The molecule has 2 aromatic carbocycles. The van der Waals surface area contributed by atoms with Crippen LogP contribution in [0.2, 0.25) is 0 Å². The number of carbonyl (C=O) groups excluding carboxylic acids is 2. The summed E-state index contributed by atoms with van der Waals surface area (Å²) in [5.41, 5.74) is 3.46. The van der Waals surface area contributed by atoms with Crippen molar-refractivity contribution in [1.82, 2.24) is 10.2 Å². The highest BCUT2D eigenvalue weighted by atomic mass is 32.2. The fraction of sp³-hybridized carbons (Fsp3) is 0.440. The molecule has 2 rings (SSSR count). The molecule has 0 saturated heterocycles. The number of hydrogen-bond acceptors (Lipinski definition) is 3. The van der Waals surface area contributed by atoms with E-state index in [4.69, 9.17) is 0 Å². The van der Waals surface area contributed by atoms with Gasteiger partial charge in [0.1, 0.15) is 6.04 Å². The Bertz CT molecular complexity index is 810. The third-order valence-corrected chi connectivity index (χ3v) is 6.37. The number of carbonyl (C=O) groups is 2. The van der Waals surface area contributed by atoms with E-state index in [2.05, 4.69) is 17.4 Å². The van der Waals surface area contributed by atoms with Gasteiger partial charge < -0.3 is 10.2 Å². The maximum atomic E-state index is 13.1. The van der Waals surface area contributed by atoms with Crippen LogP contribution >= 0.6 is 11.8 Å². The van der Waals surface area contributed by atoms with Gasteiger partial charge in [0.15, 0.2) is 0 Å². The molecule has 0 heterocycles. The highest BCUT2D eigenvalue weighted by Gasteiger charge is 2.26. The van der Waals surface area contributed by atoms with E-state index in [1.807, 2.05) is 70.2 Å². The molecule has 0 aliphatic heterocycles. The zero-order valence-corrected chi connectivity index (χ0v) is 19.4. The SMILES string of the molecule is CCC(C)NC(=O)C(C)N(Cc1ccccc1C)C(=O)CCSCc1ccccc1. The van der Waals surface area contributed by atoms with Crippen molar-refractivity contribution in [1.29, 1.82) is 0 Å². The summed E-state index contributed by atoms with van der Waals surface area (Å²) in [7, 11) is 0. The van der Waals surface area contributed by atoms with Crippen molar-refractivity contribution in [3.05, 3.63) is 71.3 Å². The third kappa shape index (κ3) is 7.52. The second-order valence-electron chi connectivity index (χ2n) is 7.73. The number of nitrogens with zero attached hydrogens (tertiary/aromatic N) is 1. The first-order valence-electron chi connectivity index (χ1n) is 10.7. The van der Waals surface area contributed by atoms with Crippen molar-refractivity contribution in [3.63, 3.8) is 0 Å². The van der Waals surface area contributed by atoms with Gasteiger partial charge in [0.05, 0.1) is 0 Å². The minimum atomic E-state index is -0.509. The van der Waals surface area contributed by atoms with Crippen LogP contribution in [-0.2, 0) is 21.9 Å². The van der Waals surface area contributed by atoms with Crippen LogP contribution in [0.5, 0.6) is 0 Å². The Labute approximate surface area is 185 Å². The molecule has 30 heavy (non-hydrogen) atoms. The van der Waals surface area contributed by atoms with Gasteiger partial charge in [-0.3, -0.25) is 9.59 Å². The van der Waals surface area contributed by atoms with Gasteiger partial charge >= 0.3 is 0 Å². The Hall–Kier alpha value is -2.27. The molecular formula is C25H34N2O2S. The molecule has 162 valence electrons. The summed E-state index contributed by atoms with van der Waals surface area (Å²) in [5, 5.41) is 3.02. The Balaban J connectivity index is 2.02. The van der Waals surface area contributed by atoms with Crippen LogP contribution in [0.1, 0.15) is 50.3 Å². The van der Waals surface area contributed by atoms with Crippen LogP contribution < -0.4 is 5.32 Å². The summed E-state index contributed by atoms with van der Waals surface area (Å²) in [6.07, 6.45) is 1.28. The number of rotatable bonds is 11. The predicted molar refractivity (Wildman–Crippen MR) is 126 cm³/mol. The van der Waals surface area contributed by atoms with Gasteiger partial charge in [0, 0.05) is 30.5 Å². The van der Waals surface area contributed by atoms with Crippen molar-refractivity contribution in [2.75, 3.05) is 5.75 Å². The molecular weight excluding hydrogens is 392 g/mol. The van der Waals surface area contributed by atoms with Gasteiger partial charge in [0.25, 0.3) is 0 Å². The van der Waals surface area contributed by atoms with Crippen LogP contribution in [0.15, 0.2) is 54.6 Å². The van der Waals surface area contributed by atoms with Gasteiger partial charge in [-0.1, -0.05) is 61.5 Å². The van der Waals surface area contributed by atoms with Crippen molar-refractivity contribution >= 4 is 23.6 Å². The lowest BCUT2D eigenvalue weighted by atomic mass is 10.1. The van der Waals surface area contributed by atoms with Crippen LogP contribution in [0.3, 0.4) is 0 Å². The van der Waals surface area contributed by atoms with Crippen molar-refractivity contribution < 1.29 is 9.59 Å². The Morgan fingerprint density at radius 2 is 1.70 bits per heavy atom. The zero-order chi connectivity index (χ0) is 21.9. The number of hydrogen-bond donors (Lipinski definition) is 1. The van der Waals surface area contributed by atoms with E-state index >= 15 is 0 Å². The van der Waals surface area contributed by atoms with Gasteiger partial charge in [-0.15, -0.1) is 0 Å². The quantitative estimate of drug-likeness (QED) is 0.517. The molecule has 2 amide bonds. The van der Waals surface area contributed by atoms with E-state index in [9.17, 15) is 9.59 Å². The molecule has 1 N–H and O–H groups in total. The standard InChI is InChI=1S/C25H34N2O2S/c1-5-20(3)26-25(29)21(4)27(17-23-14-10-9-11-19(23)2)24(28)15-16-30-18-22-12-7-6-8-13-22/h6-14,20-21H,5,15-18H2,1-4H3,(H,26,29). The number of aryl methyl sites for hydroxylation is 1. The van der Waals surface area contributed by atoms with Crippen LogP contribution in [0, 0.1) is 6.92 Å². The minimum absolute atomic E-state index is 0.0191. The second kappa shape index (κ2) is 12.4. The summed E-state index contributed by atoms with van der Waals surface area (Å²) in [4.78, 5) is 27.6. The summed E-state index contributed by atoms with van der Waals surface area (Å²) in [5.74, 6) is 1.54. The first-order valence-corrected chi connectivity index (χ1v) is 11.8. The van der Waals surface area contributed by atoms with E-state index in [1.54, 1.807) is 16.7 Å². The zero-order valence-electron chi connectivity index (χ0n) is 18.6. The molecule has 0 bridgehead atoms. The normalized spacial score (nSPS) is 12.8. The second-order valence-corrected chi connectivity index (χ2v) is 8.84. The molecule has 0 aromatic heterocycles. The number of thioether (sulfide) groups is 1. The lowest BCUT2D eigenvalue weighted by molar-refractivity contribution is -0.140. The molecule has 2 aromatic rings. The molecule has 2 unspecified atom stereocenters. The highest BCUT2D eigenvalue weighted by molar-refractivity contribution is 7.98. The molecule has 0 aliphatic carbocycles. The molecule has 0 spiro atoms. The molecule has 2 atom stereocenters. The van der Waals surface area contributed by atoms with Gasteiger partial charge in [-0.2, -0.15) is 11.8 Å².